The molecule has 5 fully saturated rings. The SMILES string of the molecule is CC1(C)C(C2=CCC(CF)CC2)=CCC2(C)C1CCC1(C)C2CCC2[C@H]3CCCC3(NCCN3CCC(S(C)(=O)=O)CC3)CC[C@]21C. The summed E-state index contributed by atoms with van der Waals surface area (Å²) in [5.41, 5.74) is 4.77. The fourth-order valence-corrected chi connectivity index (χ4v) is 15.4. The maximum Gasteiger partial charge on any atom is 0.150 e. The van der Waals surface area contributed by atoms with Gasteiger partial charge in [-0.1, -0.05) is 53.2 Å². The molecule has 6 aliphatic carbocycles. The zero-order chi connectivity index (χ0) is 33.5. The second-order valence-electron chi connectivity index (χ2n) is 19.2. The molecule has 1 heterocycles. The molecule has 7 aliphatic rings. The maximum absolute atomic E-state index is 13.4. The molecule has 1 saturated heterocycles. The first kappa shape index (κ1) is 34.7. The lowest BCUT2D eigenvalue weighted by molar-refractivity contribution is -0.218. The highest BCUT2D eigenvalue weighted by molar-refractivity contribution is 7.91. The van der Waals surface area contributed by atoms with Crippen molar-refractivity contribution >= 4 is 9.84 Å². The molecule has 7 rings (SSSR count). The number of piperidine rings is 1. The van der Waals surface area contributed by atoms with Crippen LogP contribution in [0.15, 0.2) is 23.3 Å². The lowest BCUT2D eigenvalue weighted by atomic mass is 9.33. The Morgan fingerprint density at radius 2 is 1.62 bits per heavy atom. The molecule has 0 radical (unpaired) electrons. The van der Waals surface area contributed by atoms with E-state index in [2.05, 4.69) is 57.0 Å². The van der Waals surface area contributed by atoms with Crippen LogP contribution in [0.5, 0.6) is 0 Å². The third-order valence-corrected chi connectivity index (χ3v) is 18.7. The fraction of sp³-hybridized carbons (Fsp3) is 0.902. The monoisotopic (exact) mass is 670 g/mol. The van der Waals surface area contributed by atoms with Crippen LogP contribution in [-0.4, -0.2) is 63.2 Å². The van der Waals surface area contributed by atoms with Gasteiger partial charge in [0.15, 0.2) is 0 Å². The molecule has 0 aromatic heterocycles. The van der Waals surface area contributed by atoms with E-state index in [9.17, 15) is 12.8 Å². The number of nitrogens with one attached hydrogen (secondary N) is 1. The lowest BCUT2D eigenvalue weighted by Gasteiger charge is -2.72. The van der Waals surface area contributed by atoms with Crippen LogP contribution in [0.1, 0.15) is 131 Å². The van der Waals surface area contributed by atoms with Crippen molar-refractivity contribution in [2.75, 3.05) is 39.1 Å². The first-order chi connectivity index (χ1) is 22.2. The van der Waals surface area contributed by atoms with Crippen LogP contribution in [-0.2, 0) is 9.84 Å². The van der Waals surface area contributed by atoms with Crippen molar-refractivity contribution in [3.05, 3.63) is 23.3 Å². The van der Waals surface area contributed by atoms with Crippen molar-refractivity contribution < 1.29 is 12.8 Å². The highest BCUT2D eigenvalue weighted by Crippen LogP contribution is 2.76. The summed E-state index contributed by atoms with van der Waals surface area (Å²) in [5, 5.41) is 4.09. The van der Waals surface area contributed by atoms with E-state index in [0.29, 0.717) is 27.7 Å². The van der Waals surface area contributed by atoms with Gasteiger partial charge >= 0.3 is 0 Å². The van der Waals surface area contributed by atoms with E-state index in [0.717, 1.165) is 76.0 Å². The van der Waals surface area contributed by atoms with Gasteiger partial charge in [-0.2, -0.15) is 0 Å². The largest absolute Gasteiger partial charge is 0.310 e. The normalized spacial score (nSPS) is 45.6. The second-order valence-corrected chi connectivity index (χ2v) is 21.5. The Hall–Kier alpha value is -0.720. The van der Waals surface area contributed by atoms with E-state index in [1.165, 1.54) is 70.5 Å². The van der Waals surface area contributed by atoms with Gasteiger partial charge < -0.3 is 10.2 Å². The molecule has 1 aliphatic heterocycles. The Bertz CT molecular complexity index is 1360. The van der Waals surface area contributed by atoms with Gasteiger partial charge in [-0.3, -0.25) is 4.39 Å². The minimum absolute atomic E-state index is 0.141. The number of allylic oxidation sites excluding steroid dienone is 4. The van der Waals surface area contributed by atoms with Crippen LogP contribution in [0.2, 0.25) is 0 Å². The summed E-state index contributed by atoms with van der Waals surface area (Å²) in [4.78, 5) is 2.50. The zero-order valence-electron chi connectivity index (χ0n) is 30.8. The summed E-state index contributed by atoms with van der Waals surface area (Å²) >= 11 is 0. The van der Waals surface area contributed by atoms with Gasteiger partial charge in [-0.05, 0) is 165 Å². The van der Waals surface area contributed by atoms with E-state index in [4.69, 9.17) is 0 Å². The van der Waals surface area contributed by atoms with Gasteiger partial charge in [-0.15, -0.1) is 0 Å². The first-order valence-electron chi connectivity index (χ1n) is 19.8. The Morgan fingerprint density at radius 1 is 0.851 bits per heavy atom. The summed E-state index contributed by atoms with van der Waals surface area (Å²) in [6.45, 7) is 17.1. The molecule has 4 nitrogen and oxygen atoms in total. The number of nitrogens with zero attached hydrogens (tertiary/aromatic N) is 1. The van der Waals surface area contributed by atoms with Crippen molar-refractivity contribution in [2.24, 2.45) is 51.2 Å². The third kappa shape index (κ3) is 5.49. The maximum atomic E-state index is 13.4. The van der Waals surface area contributed by atoms with Gasteiger partial charge in [0, 0.05) is 24.9 Å². The molecule has 0 aromatic rings. The number of halogens is 1. The van der Waals surface area contributed by atoms with Crippen LogP contribution in [0.4, 0.5) is 4.39 Å². The van der Waals surface area contributed by atoms with Gasteiger partial charge in [0.25, 0.3) is 0 Å². The molecule has 4 saturated carbocycles. The van der Waals surface area contributed by atoms with Crippen LogP contribution in [0.25, 0.3) is 0 Å². The van der Waals surface area contributed by atoms with Crippen LogP contribution >= 0.6 is 0 Å². The van der Waals surface area contributed by atoms with Crippen molar-refractivity contribution in [3.8, 4) is 0 Å². The summed E-state index contributed by atoms with van der Waals surface area (Å²) in [7, 11) is -2.91. The number of alkyl halides is 1. The summed E-state index contributed by atoms with van der Waals surface area (Å²) in [6, 6.07) is 0. The highest BCUT2D eigenvalue weighted by atomic mass is 32.2. The van der Waals surface area contributed by atoms with Gasteiger partial charge in [0.1, 0.15) is 9.84 Å². The van der Waals surface area contributed by atoms with Gasteiger partial charge in [-0.25, -0.2) is 8.42 Å². The zero-order valence-corrected chi connectivity index (χ0v) is 31.6. The van der Waals surface area contributed by atoms with E-state index in [-0.39, 0.29) is 23.3 Å². The molecule has 1 N–H and O–H groups in total. The van der Waals surface area contributed by atoms with E-state index in [1.807, 2.05) is 0 Å². The van der Waals surface area contributed by atoms with Gasteiger partial charge in [0.05, 0.1) is 11.9 Å². The van der Waals surface area contributed by atoms with Crippen LogP contribution in [0, 0.1) is 51.2 Å². The topological polar surface area (TPSA) is 49.4 Å². The van der Waals surface area contributed by atoms with E-state index >= 15 is 0 Å². The van der Waals surface area contributed by atoms with Crippen molar-refractivity contribution in [3.63, 3.8) is 0 Å². The molecule has 6 heteroatoms. The number of rotatable bonds is 7. The molecule has 0 amide bonds. The smallest absolute Gasteiger partial charge is 0.150 e. The Labute approximate surface area is 287 Å². The Balaban J connectivity index is 1.06. The van der Waals surface area contributed by atoms with Crippen molar-refractivity contribution in [1.82, 2.24) is 10.2 Å². The Morgan fingerprint density at radius 3 is 2.30 bits per heavy atom. The summed E-state index contributed by atoms with van der Waals surface area (Å²) in [6.07, 6.45) is 24.6. The van der Waals surface area contributed by atoms with E-state index < -0.39 is 9.84 Å². The minimum atomic E-state index is -2.91. The first-order valence-corrected chi connectivity index (χ1v) is 21.8. The molecular formula is C41H67FN2O2S. The summed E-state index contributed by atoms with van der Waals surface area (Å²) < 4.78 is 37.5. The number of sulfone groups is 1. The standard InChI is InChI=1S/C41H67FN2O2S/c1-37(2)32(30-11-9-29(28-42)10-12-30)15-20-38(3)35(37)16-21-40(5)36(38)14-13-33-34-8-7-19-41(34,23-22-39(33,40)4)43-24-27-44-25-17-31(18-26-44)47(6,45)46/h11,15,29,31,33-36,43H,7-10,12-14,16-28H2,1-6H3/t29?,33?,34-,35?,36?,38?,39-,40?,41?/m1/s1. The molecule has 266 valence electrons. The van der Waals surface area contributed by atoms with Crippen molar-refractivity contribution in [2.45, 2.75) is 142 Å². The number of hydrogen-bond acceptors (Lipinski definition) is 4. The number of hydrogen-bond donors (Lipinski definition) is 1. The van der Waals surface area contributed by atoms with Crippen LogP contribution in [0.3, 0.4) is 0 Å². The number of likely N-dealkylation sites (tertiary alicyclic amines) is 1. The third-order valence-electron chi connectivity index (χ3n) is 17.1. The molecule has 47 heavy (non-hydrogen) atoms. The van der Waals surface area contributed by atoms with Gasteiger partial charge in [0.2, 0.25) is 0 Å². The quantitative estimate of drug-likeness (QED) is 0.294. The minimum Gasteiger partial charge on any atom is -0.310 e. The van der Waals surface area contributed by atoms with E-state index in [1.54, 1.807) is 11.1 Å². The number of fused-ring (bicyclic) bond motifs is 7. The lowest BCUT2D eigenvalue weighted by Crippen LogP contribution is -2.67. The van der Waals surface area contributed by atoms with Crippen LogP contribution < -0.4 is 5.32 Å². The Kier molecular flexibility index (Phi) is 9.02. The molecular weight excluding hydrogens is 604 g/mol. The molecule has 0 aromatic carbocycles. The molecule has 9 atom stereocenters. The highest BCUT2D eigenvalue weighted by Gasteiger charge is 2.69. The molecule has 0 spiro atoms. The molecule has 7 unspecified atom stereocenters. The molecule has 0 bridgehead atoms. The summed E-state index contributed by atoms with van der Waals surface area (Å²) in [5.74, 6) is 3.34. The average Bonchev–Trinajstić information content (AvgIpc) is 3.45. The predicted octanol–water partition coefficient (Wildman–Crippen LogP) is 8.93. The average molecular weight is 671 g/mol. The second kappa shape index (κ2) is 12.2. The fourth-order valence-electron chi connectivity index (χ4n) is 14.3. The predicted molar refractivity (Wildman–Crippen MR) is 193 cm³/mol. The van der Waals surface area contributed by atoms with Crippen molar-refractivity contribution in [1.29, 1.82) is 0 Å².